The van der Waals surface area contributed by atoms with Crippen LogP contribution in [0.1, 0.15) is 29.8 Å². The van der Waals surface area contributed by atoms with E-state index in [2.05, 4.69) is 15.3 Å². The zero-order chi connectivity index (χ0) is 23.0. The number of carbonyl (C=O) groups is 1. The van der Waals surface area contributed by atoms with Crippen molar-refractivity contribution in [2.24, 2.45) is 5.73 Å². The maximum Gasteiger partial charge on any atom is 0.451 e. The minimum atomic E-state index is -4.81. The second-order valence-electron chi connectivity index (χ2n) is 7.70. The summed E-state index contributed by atoms with van der Waals surface area (Å²) in [4.78, 5) is 19.8. The summed E-state index contributed by atoms with van der Waals surface area (Å²) in [5, 5.41) is 2.79. The first-order chi connectivity index (χ1) is 15.1. The van der Waals surface area contributed by atoms with Crippen LogP contribution in [0.25, 0.3) is 0 Å². The van der Waals surface area contributed by atoms with Crippen molar-refractivity contribution >= 4 is 17.5 Å². The summed E-state index contributed by atoms with van der Waals surface area (Å²) in [6.45, 7) is 0.145. The van der Waals surface area contributed by atoms with Crippen molar-refractivity contribution in [1.29, 1.82) is 0 Å². The van der Waals surface area contributed by atoms with Crippen molar-refractivity contribution in [1.82, 2.24) is 9.97 Å². The van der Waals surface area contributed by atoms with Crippen LogP contribution in [-0.4, -0.2) is 41.2 Å². The Morgan fingerprint density at radius 3 is 2.56 bits per heavy atom. The van der Waals surface area contributed by atoms with Gasteiger partial charge in [-0.2, -0.15) is 13.2 Å². The molecule has 12 heteroatoms. The van der Waals surface area contributed by atoms with E-state index >= 15 is 0 Å². The number of alkyl halides is 3. The van der Waals surface area contributed by atoms with E-state index in [1.165, 1.54) is 11.0 Å². The fourth-order valence-electron chi connectivity index (χ4n) is 3.89. The Labute approximate surface area is 179 Å². The van der Waals surface area contributed by atoms with Crippen molar-refractivity contribution in [2.45, 2.75) is 44.2 Å². The second-order valence-corrected chi connectivity index (χ2v) is 7.70. The summed E-state index contributed by atoms with van der Waals surface area (Å²) in [5.74, 6) is -3.29. The van der Waals surface area contributed by atoms with Crippen LogP contribution in [-0.2, 0) is 28.7 Å². The van der Waals surface area contributed by atoms with E-state index in [1.807, 2.05) is 0 Å². The zero-order valence-corrected chi connectivity index (χ0v) is 16.8. The number of hydrogen-bond acceptors (Lipinski definition) is 6. The van der Waals surface area contributed by atoms with Gasteiger partial charge in [-0.05, 0) is 37.0 Å². The lowest BCUT2D eigenvalue weighted by atomic mass is 9.98. The van der Waals surface area contributed by atoms with Gasteiger partial charge in [0.15, 0.2) is 0 Å². The van der Waals surface area contributed by atoms with Gasteiger partial charge >= 0.3 is 6.18 Å². The number of benzene rings is 1. The van der Waals surface area contributed by atoms with Crippen molar-refractivity contribution < 1.29 is 31.5 Å². The Bertz CT molecular complexity index is 1030. The van der Waals surface area contributed by atoms with Crippen LogP contribution in [0, 0.1) is 11.6 Å². The Hall–Kier alpha value is -3.02. The average molecular weight is 457 g/mol. The van der Waals surface area contributed by atoms with Crippen LogP contribution in [0.2, 0.25) is 0 Å². The maximum atomic E-state index is 14.2. The van der Waals surface area contributed by atoms with Crippen molar-refractivity contribution in [3.05, 3.63) is 46.8 Å². The molecule has 7 nitrogen and oxygen atoms in total. The number of nitrogens with two attached hydrogens (primary N) is 1. The third-order valence-corrected chi connectivity index (χ3v) is 5.52. The number of amides is 1. The molecule has 3 heterocycles. The number of halogens is 5. The minimum absolute atomic E-state index is 0.0634. The summed E-state index contributed by atoms with van der Waals surface area (Å²) in [7, 11) is 0. The summed E-state index contributed by atoms with van der Waals surface area (Å²) in [6, 6.07) is 3.34. The number of carbonyl (C=O) groups excluding carboxylic acids is 1. The monoisotopic (exact) mass is 457 g/mol. The molecule has 0 spiro atoms. The molecule has 1 saturated heterocycles. The third kappa shape index (κ3) is 4.59. The molecule has 32 heavy (non-hydrogen) atoms. The van der Waals surface area contributed by atoms with Crippen molar-refractivity contribution in [3.8, 4) is 0 Å². The molecule has 2 aliphatic rings. The molecule has 172 valence electrons. The molecule has 1 aromatic carbocycles. The van der Waals surface area contributed by atoms with Gasteiger partial charge in [0.2, 0.25) is 11.7 Å². The molecule has 2 aromatic rings. The highest BCUT2D eigenvalue weighted by Crippen LogP contribution is 2.32. The topological polar surface area (TPSA) is 93.4 Å². The highest BCUT2D eigenvalue weighted by molar-refractivity contribution is 5.79. The van der Waals surface area contributed by atoms with Crippen LogP contribution < -0.4 is 16.0 Å². The lowest BCUT2D eigenvalue weighted by molar-refractivity contribution is -0.144. The highest BCUT2D eigenvalue weighted by Gasteiger charge is 2.36. The molecule has 0 aliphatic carbocycles. The fourth-order valence-corrected chi connectivity index (χ4v) is 3.89. The molecule has 1 amide bonds. The number of anilines is 2. The lowest BCUT2D eigenvalue weighted by Crippen LogP contribution is -2.33. The molecule has 1 fully saturated rings. The quantitative estimate of drug-likeness (QED) is 0.671. The first-order valence-corrected chi connectivity index (χ1v) is 9.97. The van der Waals surface area contributed by atoms with Gasteiger partial charge in [0.25, 0.3) is 0 Å². The number of aromatic nitrogens is 2. The van der Waals surface area contributed by atoms with Crippen LogP contribution in [0.5, 0.6) is 0 Å². The predicted octanol–water partition coefficient (Wildman–Crippen LogP) is 2.78. The van der Waals surface area contributed by atoms with Crippen molar-refractivity contribution in [2.75, 3.05) is 23.3 Å². The number of fused-ring (bicyclic) bond motifs is 1. The Morgan fingerprint density at radius 2 is 1.91 bits per heavy atom. The number of primary amides is 1. The largest absolute Gasteiger partial charge is 0.451 e. The number of nitrogens with zero attached hydrogens (tertiary/aromatic N) is 3. The first kappa shape index (κ1) is 22.2. The van der Waals surface area contributed by atoms with Crippen LogP contribution in [0.3, 0.4) is 0 Å². The molecule has 0 bridgehead atoms. The van der Waals surface area contributed by atoms with Gasteiger partial charge in [-0.25, -0.2) is 18.7 Å². The van der Waals surface area contributed by atoms with Crippen LogP contribution >= 0.6 is 0 Å². The van der Waals surface area contributed by atoms with Gasteiger partial charge in [-0.15, -0.1) is 0 Å². The van der Waals surface area contributed by atoms with Gasteiger partial charge in [-0.1, -0.05) is 0 Å². The van der Waals surface area contributed by atoms with Gasteiger partial charge in [0.05, 0.1) is 6.10 Å². The third-order valence-electron chi connectivity index (χ3n) is 5.52. The van der Waals surface area contributed by atoms with E-state index in [0.29, 0.717) is 12.8 Å². The second kappa shape index (κ2) is 8.49. The Kier molecular flexibility index (Phi) is 5.89. The van der Waals surface area contributed by atoms with Crippen LogP contribution in [0.4, 0.5) is 33.6 Å². The molecular weight excluding hydrogens is 437 g/mol. The van der Waals surface area contributed by atoms with E-state index in [4.69, 9.17) is 10.5 Å². The molecule has 0 saturated carbocycles. The maximum absolute atomic E-state index is 14.2. The summed E-state index contributed by atoms with van der Waals surface area (Å²) in [5.41, 5.74) is 5.51. The zero-order valence-electron chi connectivity index (χ0n) is 16.8. The number of hydrogen-bond donors (Lipinski definition) is 2. The van der Waals surface area contributed by atoms with E-state index in [-0.39, 0.29) is 48.8 Å². The molecule has 0 radical (unpaired) electrons. The first-order valence-electron chi connectivity index (χ1n) is 9.97. The molecular formula is C20H20F5N5O2. The smallest absolute Gasteiger partial charge is 0.367 e. The molecule has 1 aromatic heterocycles. The van der Waals surface area contributed by atoms with E-state index < -0.39 is 41.8 Å². The minimum Gasteiger partial charge on any atom is -0.367 e. The molecule has 2 atom stereocenters. The standard InChI is InChI=1S/C20H20F5N5O2/c21-13-2-3-14(22)12-9-30(6-5-11(12)13)17-7-16(28-19(29-17)20(23,24)25)27-8-10-1-4-15(32-10)18(26)31/h2-3,7,10,15H,1,4-6,8-9H2,(H2,26,31)(H,27,28,29). The molecule has 4 rings (SSSR count). The van der Waals surface area contributed by atoms with Gasteiger partial charge < -0.3 is 20.7 Å². The van der Waals surface area contributed by atoms with Crippen molar-refractivity contribution in [3.63, 3.8) is 0 Å². The van der Waals surface area contributed by atoms with Gasteiger partial charge in [0.1, 0.15) is 29.4 Å². The lowest BCUT2D eigenvalue weighted by Gasteiger charge is -2.30. The van der Waals surface area contributed by atoms with E-state index in [1.54, 1.807) is 0 Å². The molecule has 3 N–H and O–H groups in total. The Balaban J connectivity index is 1.56. The molecule has 2 aliphatic heterocycles. The van der Waals surface area contributed by atoms with E-state index in [0.717, 1.165) is 12.1 Å². The highest BCUT2D eigenvalue weighted by atomic mass is 19.4. The summed E-state index contributed by atoms with van der Waals surface area (Å²) in [6.07, 6.45) is -4.88. The molecule has 2 unspecified atom stereocenters. The number of nitrogens with one attached hydrogen (secondary N) is 1. The fraction of sp³-hybridized carbons (Fsp3) is 0.450. The summed E-state index contributed by atoms with van der Waals surface area (Å²) < 4.78 is 73.8. The number of rotatable bonds is 5. The summed E-state index contributed by atoms with van der Waals surface area (Å²) >= 11 is 0. The van der Waals surface area contributed by atoms with Gasteiger partial charge in [0, 0.05) is 31.3 Å². The Morgan fingerprint density at radius 1 is 1.19 bits per heavy atom. The van der Waals surface area contributed by atoms with Gasteiger partial charge in [-0.3, -0.25) is 4.79 Å². The normalized spacial score (nSPS) is 20.8. The number of ether oxygens (including phenoxy) is 1. The predicted molar refractivity (Wildman–Crippen MR) is 104 cm³/mol. The van der Waals surface area contributed by atoms with Crippen LogP contribution in [0.15, 0.2) is 18.2 Å². The van der Waals surface area contributed by atoms with E-state index in [9.17, 15) is 26.7 Å². The average Bonchev–Trinajstić information content (AvgIpc) is 3.23. The SMILES string of the molecule is NC(=O)C1CCC(CNc2cc(N3CCc4c(F)ccc(F)c4C3)nc(C(F)(F)F)n2)O1.